The molecule has 0 aromatic carbocycles. The first-order chi connectivity index (χ1) is 7.15. The summed E-state index contributed by atoms with van der Waals surface area (Å²) in [5.41, 5.74) is 0. The number of rotatable bonds is 6. The van der Waals surface area contributed by atoms with Crippen LogP contribution in [0.15, 0.2) is 12.4 Å². The summed E-state index contributed by atoms with van der Waals surface area (Å²) < 4.78 is 6.90. The average Bonchev–Trinajstić information content (AvgIpc) is 2.65. The van der Waals surface area contributed by atoms with Gasteiger partial charge in [0.15, 0.2) is 0 Å². The highest BCUT2D eigenvalue weighted by molar-refractivity contribution is 5.06. The Kier molecular flexibility index (Phi) is 4.23. The van der Waals surface area contributed by atoms with E-state index in [2.05, 4.69) is 4.98 Å². The van der Waals surface area contributed by atoms with Gasteiger partial charge in [-0.2, -0.15) is 0 Å². The minimum atomic E-state index is -0.497. The molecule has 0 aliphatic heterocycles. The molecule has 1 heterocycles. The third-order valence-electron chi connectivity index (χ3n) is 2.17. The van der Waals surface area contributed by atoms with Gasteiger partial charge >= 0.3 is 5.95 Å². The Labute approximate surface area is 88.0 Å². The molecule has 0 aliphatic rings. The van der Waals surface area contributed by atoms with Crippen LogP contribution >= 0.6 is 0 Å². The standard InChI is InChI=1S/C9H15N3O3/c1-3-8(2)15-7-6-11-5-4-10-9(11)12(13)14/h4-5,8H,3,6-7H2,1-2H3. The van der Waals surface area contributed by atoms with Gasteiger partial charge in [-0.15, -0.1) is 0 Å². The van der Waals surface area contributed by atoms with E-state index < -0.39 is 4.92 Å². The van der Waals surface area contributed by atoms with Crippen LogP contribution < -0.4 is 0 Å². The molecule has 0 radical (unpaired) electrons. The maximum atomic E-state index is 10.5. The van der Waals surface area contributed by atoms with E-state index in [-0.39, 0.29) is 12.1 Å². The molecule has 6 nitrogen and oxygen atoms in total. The van der Waals surface area contributed by atoms with Crippen LogP contribution in [0.25, 0.3) is 0 Å². The van der Waals surface area contributed by atoms with Gasteiger partial charge in [-0.1, -0.05) is 11.9 Å². The van der Waals surface area contributed by atoms with E-state index in [0.29, 0.717) is 13.2 Å². The Hall–Kier alpha value is -1.43. The molecule has 0 amide bonds. The Morgan fingerprint density at radius 1 is 1.73 bits per heavy atom. The van der Waals surface area contributed by atoms with Gasteiger partial charge in [0.1, 0.15) is 12.4 Å². The molecular weight excluding hydrogens is 198 g/mol. The first kappa shape index (κ1) is 11.6. The second kappa shape index (κ2) is 5.45. The molecule has 1 aromatic rings. The summed E-state index contributed by atoms with van der Waals surface area (Å²) in [6, 6.07) is 0. The summed E-state index contributed by atoms with van der Waals surface area (Å²) in [6.45, 7) is 4.93. The Morgan fingerprint density at radius 2 is 2.47 bits per heavy atom. The van der Waals surface area contributed by atoms with E-state index >= 15 is 0 Å². The zero-order valence-corrected chi connectivity index (χ0v) is 8.92. The molecule has 1 unspecified atom stereocenters. The van der Waals surface area contributed by atoms with Crippen LogP contribution in [0.1, 0.15) is 20.3 Å². The van der Waals surface area contributed by atoms with Gasteiger partial charge in [-0.25, -0.2) is 4.57 Å². The SMILES string of the molecule is CCC(C)OCCn1ccnc1[N+](=O)[O-]. The first-order valence-electron chi connectivity index (χ1n) is 4.92. The fourth-order valence-corrected chi connectivity index (χ4v) is 1.12. The van der Waals surface area contributed by atoms with Crippen molar-refractivity contribution in [3.63, 3.8) is 0 Å². The van der Waals surface area contributed by atoms with Crippen molar-refractivity contribution in [1.82, 2.24) is 9.55 Å². The summed E-state index contributed by atoms with van der Waals surface area (Å²) in [7, 11) is 0. The van der Waals surface area contributed by atoms with Crippen molar-refractivity contribution >= 4 is 5.95 Å². The average molecular weight is 213 g/mol. The van der Waals surface area contributed by atoms with Crippen LogP contribution in [-0.4, -0.2) is 27.2 Å². The Bertz CT molecular complexity index is 324. The lowest BCUT2D eigenvalue weighted by molar-refractivity contribution is -0.396. The number of hydrogen-bond acceptors (Lipinski definition) is 4. The molecular formula is C9H15N3O3. The van der Waals surface area contributed by atoms with Gasteiger partial charge in [-0.3, -0.25) is 0 Å². The molecule has 0 spiro atoms. The second-order valence-corrected chi connectivity index (χ2v) is 3.27. The smallest absolute Gasteiger partial charge is 0.390 e. The highest BCUT2D eigenvalue weighted by atomic mass is 16.6. The molecule has 0 N–H and O–H groups in total. The van der Waals surface area contributed by atoms with E-state index in [1.165, 1.54) is 10.8 Å². The van der Waals surface area contributed by atoms with Crippen molar-refractivity contribution in [1.29, 1.82) is 0 Å². The number of nitro groups is 1. The molecule has 6 heteroatoms. The maximum absolute atomic E-state index is 10.5. The topological polar surface area (TPSA) is 70.2 Å². The number of aromatic nitrogens is 2. The van der Waals surface area contributed by atoms with E-state index in [1.807, 2.05) is 13.8 Å². The summed E-state index contributed by atoms with van der Waals surface area (Å²) in [4.78, 5) is 13.7. The summed E-state index contributed by atoms with van der Waals surface area (Å²) in [5, 5.41) is 10.5. The molecule has 0 saturated heterocycles. The minimum Gasteiger partial charge on any atom is -0.390 e. The third kappa shape index (κ3) is 3.32. The van der Waals surface area contributed by atoms with Crippen LogP contribution in [0.3, 0.4) is 0 Å². The van der Waals surface area contributed by atoms with Gasteiger partial charge in [0.25, 0.3) is 0 Å². The highest BCUT2D eigenvalue weighted by Gasteiger charge is 2.13. The summed E-state index contributed by atoms with van der Waals surface area (Å²) in [6.07, 6.45) is 4.12. The molecule has 0 bridgehead atoms. The highest BCUT2D eigenvalue weighted by Crippen LogP contribution is 2.07. The van der Waals surface area contributed by atoms with Crippen LogP contribution in [0.4, 0.5) is 5.95 Å². The zero-order valence-electron chi connectivity index (χ0n) is 8.92. The predicted molar refractivity (Wildman–Crippen MR) is 54.6 cm³/mol. The van der Waals surface area contributed by atoms with Crippen molar-refractivity contribution in [3.05, 3.63) is 22.5 Å². The van der Waals surface area contributed by atoms with Crippen molar-refractivity contribution in [2.75, 3.05) is 6.61 Å². The van der Waals surface area contributed by atoms with Gasteiger partial charge in [-0.05, 0) is 18.3 Å². The van der Waals surface area contributed by atoms with Crippen LogP contribution in [0.2, 0.25) is 0 Å². The second-order valence-electron chi connectivity index (χ2n) is 3.27. The number of hydrogen-bond donors (Lipinski definition) is 0. The molecule has 0 fully saturated rings. The summed E-state index contributed by atoms with van der Waals surface area (Å²) >= 11 is 0. The molecule has 0 saturated carbocycles. The maximum Gasteiger partial charge on any atom is 0.434 e. The number of ether oxygens (including phenoxy) is 1. The van der Waals surface area contributed by atoms with Crippen LogP contribution in [0.5, 0.6) is 0 Å². The molecule has 1 rings (SSSR count). The number of imidazole rings is 1. The van der Waals surface area contributed by atoms with Crippen molar-refractivity contribution < 1.29 is 9.66 Å². The lowest BCUT2D eigenvalue weighted by atomic mass is 10.3. The predicted octanol–water partition coefficient (Wildman–Crippen LogP) is 1.61. The quantitative estimate of drug-likeness (QED) is 0.531. The largest absolute Gasteiger partial charge is 0.434 e. The lowest BCUT2D eigenvalue weighted by Crippen LogP contribution is -2.13. The van der Waals surface area contributed by atoms with E-state index in [9.17, 15) is 10.1 Å². The third-order valence-corrected chi connectivity index (χ3v) is 2.17. The van der Waals surface area contributed by atoms with Crippen molar-refractivity contribution in [2.24, 2.45) is 0 Å². The first-order valence-corrected chi connectivity index (χ1v) is 4.92. The van der Waals surface area contributed by atoms with E-state index in [0.717, 1.165) is 6.42 Å². The molecule has 0 aliphatic carbocycles. The number of nitrogens with zero attached hydrogens (tertiary/aromatic N) is 3. The lowest BCUT2D eigenvalue weighted by Gasteiger charge is -2.09. The van der Waals surface area contributed by atoms with Gasteiger partial charge in [0, 0.05) is 0 Å². The van der Waals surface area contributed by atoms with Crippen LogP contribution in [-0.2, 0) is 11.3 Å². The molecule has 84 valence electrons. The monoisotopic (exact) mass is 213 g/mol. The molecule has 1 aromatic heterocycles. The van der Waals surface area contributed by atoms with Gasteiger partial charge < -0.3 is 14.9 Å². The van der Waals surface area contributed by atoms with Crippen molar-refractivity contribution in [3.8, 4) is 0 Å². The molecule has 1 atom stereocenters. The van der Waals surface area contributed by atoms with Gasteiger partial charge in [0.05, 0.1) is 19.3 Å². The minimum absolute atomic E-state index is 0.136. The van der Waals surface area contributed by atoms with Crippen LogP contribution in [0, 0.1) is 10.1 Å². The normalized spacial score (nSPS) is 12.7. The Balaban J connectivity index is 2.44. The molecule has 15 heavy (non-hydrogen) atoms. The fourth-order valence-electron chi connectivity index (χ4n) is 1.12. The fraction of sp³-hybridized carbons (Fsp3) is 0.667. The van der Waals surface area contributed by atoms with E-state index in [1.54, 1.807) is 6.20 Å². The van der Waals surface area contributed by atoms with Gasteiger partial charge in [0.2, 0.25) is 0 Å². The Morgan fingerprint density at radius 3 is 3.07 bits per heavy atom. The zero-order chi connectivity index (χ0) is 11.3. The van der Waals surface area contributed by atoms with Crippen molar-refractivity contribution in [2.45, 2.75) is 32.9 Å². The summed E-state index contributed by atoms with van der Waals surface area (Å²) in [5.74, 6) is -0.136. The van der Waals surface area contributed by atoms with E-state index in [4.69, 9.17) is 4.74 Å².